The highest BCUT2D eigenvalue weighted by atomic mass is 35.5. The Balaban J connectivity index is 1.50. The number of ether oxygens (including phenoxy) is 1. The van der Waals surface area contributed by atoms with Gasteiger partial charge in [0.05, 0.1) is 10.7 Å². The third-order valence-corrected chi connectivity index (χ3v) is 5.33. The average Bonchev–Trinajstić information content (AvgIpc) is 2.95. The van der Waals surface area contributed by atoms with Gasteiger partial charge in [0.1, 0.15) is 11.6 Å². The first kappa shape index (κ1) is 19.7. The van der Waals surface area contributed by atoms with E-state index in [2.05, 4.69) is 20.1 Å². The first-order chi connectivity index (χ1) is 14.1. The maximum Gasteiger partial charge on any atom is 0.262 e. The lowest BCUT2D eigenvalue weighted by molar-refractivity contribution is -0.118. The fraction of sp³-hybridized carbons (Fsp3) is 0.286. The van der Waals surface area contributed by atoms with Crippen molar-refractivity contribution in [3.63, 3.8) is 0 Å². The average molecular weight is 431 g/mol. The van der Waals surface area contributed by atoms with E-state index in [9.17, 15) is 4.79 Å². The van der Waals surface area contributed by atoms with Crippen molar-refractivity contribution in [2.24, 2.45) is 0 Å². The van der Waals surface area contributed by atoms with Gasteiger partial charge in [0.15, 0.2) is 12.4 Å². The van der Waals surface area contributed by atoms with Crippen LogP contribution in [0, 0.1) is 0 Å². The Bertz CT molecular complexity index is 1040. The molecule has 1 N–H and O–H groups in total. The van der Waals surface area contributed by atoms with Gasteiger partial charge >= 0.3 is 0 Å². The van der Waals surface area contributed by atoms with Gasteiger partial charge < -0.3 is 14.6 Å². The van der Waals surface area contributed by atoms with E-state index in [-0.39, 0.29) is 12.5 Å². The molecule has 0 spiro atoms. The number of para-hydroxylation sites is 1. The van der Waals surface area contributed by atoms with Gasteiger partial charge in [-0.15, -0.1) is 10.2 Å². The normalized spacial score (nSPS) is 13.4. The second-order valence-electron chi connectivity index (χ2n) is 6.86. The Morgan fingerprint density at radius 2 is 1.97 bits per heavy atom. The maximum atomic E-state index is 12.5. The van der Waals surface area contributed by atoms with Crippen LogP contribution in [0.25, 0.3) is 11.4 Å². The molecule has 0 saturated carbocycles. The van der Waals surface area contributed by atoms with Gasteiger partial charge in [0.2, 0.25) is 0 Å². The van der Waals surface area contributed by atoms with Crippen molar-refractivity contribution >= 4 is 34.8 Å². The van der Waals surface area contributed by atoms with Crippen molar-refractivity contribution < 1.29 is 9.53 Å². The van der Waals surface area contributed by atoms with Gasteiger partial charge in [-0.25, -0.2) is 0 Å². The molecular weight excluding hydrogens is 411 g/mol. The van der Waals surface area contributed by atoms with Crippen LogP contribution < -0.4 is 10.1 Å². The molecule has 4 rings (SSSR count). The number of halogens is 2. The number of rotatable bonds is 5. The molecule has 1 aliphatic rings. The predicted molar refractivity (Wildman–Crippen MR) is 114 cm³/mol. The van der Waals surface area contributed by atoms with E-state index in [0.29, 0.717) is 21.5 Å². The molecule has 0 fully saturated rings. The van der Waals surface area contributed by atoms with E-state index < -0.39 is 0 Å². The van der Waals surface area contributed by atoms with Gasteiger partial charge in [-0.3, -0.25) is 4.79 Å². The minimum Gasteiger partial charge on any atom is -0.482 e. The van der Waals surface area contributed by atoms with Gasteiger partial charge in [-0.2, -0.15) is 0 Å². The van der Waals surface area contributed by atoms with Crippen molar-refractivity contribution in [2.45, 2.75) is 32.2 Å². The van der Waals surface area contributed by atoms with Crippen LogP contribution in [0.3, 0.4) is 0 Å². The zero-order valence-corrected chi connectivity index (χ0v) is 17.2. The lowest BCUT2D eigenvalue weighted by Gasteiger charge is -2.13. The minimum absolute atomic E-state index is 0.173. The first-order valence-corrected chi connectivity index (χ1v) is 10.3. The summed E-state index contributed by atoms with van der Waals surface area (Å²) < 4.78 is 7.68. The SMILES string of the molecule is O=C(COc1ccc(Cl)cc1Cl)Nc1ccccc1-c1nnc2n1CCCCC2. The molecule has 0 bridgehead atoms. The smallest absolute Gasteiger partial charge is 0.262 e. The summed E-state index contributed by atoms with van der Waals surface area (Å²) in [7, 11) is 0. The maximum absolute atomic E-state index is 12.5. The second-order valence-corrected chi connectivity index (χ2v) is 7.70. The molecule has 0 aliphatic carbocycles. The molecule has 0 saturated heterocycles. The summed E-state index contributed by atoms with van der Waals surface area (Å²) in [6.45, 7) is 0.714. The highest BCUT2D eigenvalue weighted by molar-refractivity contribution is 6.35. The van der Waals surface area contributed by atoms with E-state index in [1.165, 1.54) is 6.42 Å². The number of carbonyl (C=O) groups is 1. The number of benzene rings is 2. The van der Waals surface area contributed by atoms with Crippen LogP contribution in [0.4, 0.5) is 5.69 Å². The molecule has 1 amide bonds. The molecule has 2 aromatic carbocycles. The largest absolute Gasteiger partial charge is 0.482 e. The summed E-state index contributed by atoms with van der Waals surface area (Å²) in [6.07, 6.45) is 4.34. The standard InChI is InChI=1S/C21H20Cl2N4O2/c22-14-9-10-18(16(23)12-14)29-13-20(28)24-17-7-4-3-6-15(17)21-26-25-19-8-2-1-5-11-27(19)21/h3-4,6-7,9-10,12H,1-2,5,8,11,13H2,(H,24,28). The molecule has 0 radical (unpaired) electrons. The Morgan fingerprint density at radius 3 is 2.83 bits per heavy atom. The van der Waals surface area contributed by atoms with Gasteiger partial charge in [-0.1, -0.05) is 41.8 Å². The van der Waals surface area contributed by atoms with Crippen molar-refractivity contribution in [3.05, 3.63) is 58.3 Å². The van der Waals surface area contributed by atoms with Crippen LogP contribution in [0.15, 0.2) is 42.5 Å². The molecule has 3 aromatic rings. The summed E-state index contributed by atoms with van der Waals surface area (Å²) in [4.78, 5) is 12.5. The summed E-state index contributed by atoms with van der Waals surface area (Å²) in [5.74, 6) is 1.89. The number of anilines is 1. The Kier molecular flexibility index (Phi) is 6.02. The minimum atomic E-state index is -0.293. The van der Waals surface area contributed by atoms with Crippen molar-refractivity contribution in [1.82, 2.24) is 14.8 Å². The van der Waals surface area contributed by atoms with Gasteiger partial charge in [0.25, 0.3) is 5.91 Å². The Morgan fingerprint density at radius 1 is 1.10 bits per heavy atom. The van der Waals surface area contributed by atoms with E-state index in [0.717, 1.165) is 43.0 Å². The number of fused-ring (bicyclic) bond motifs is 1. The number of hydrogen-bond acceptors (Lipinski definition) is 4. The summed E-state index contributed by atoms with van der Waals surface area (Å²) in [6, 6.07) is 12.5. The summed E-state index contributed by atoms with van der Waals surface area (Å²) in [5.41, 5.74) is 1.51. The molecule has 8 heteroatoms. The van der Waals surface area contributed by atoms with Crippen LogP contribution in [0.1, 0.15) is 25.1 Å². The fourth-order valence-electron chi connectivity index (χ4n) is 3.39. The van der Waals surface area contributed by atoms with Crippen molar-refractivity contribution in [3.8, 4) is 17.1 Å². The molecule has 150 valence electrons. The molecule has 0 atom stereocenters. The van der Waals surface area contributed by atoms with Crippen molar-refractivity contribution in [2.75, 3.05) is 11.9 Å². The molecule has 2 heterocycles. The monoisotopic (exact) mass is 430 g/mol. The third-order valence-electron chi connectivity index (χ3n) is 4.80. The molecule has 29 heavy (non-hydrogen) atoms. The third kappa shape index (κ3) is 4.54. The van der Waals surface area contributed by atoms with Crippen LogP contribution in [0.2, 0.25) is 10.0 Å². The first-order valence-electron chi connectivity index (χ1n) is 9.51. The second kappa shape index (κ2) is 8.84. The predicted octanol–water partition coefficient (Wildman–Crippen LogP) is 5.00. The molecule has 0 unspecified atom stereocenters. The number of amides is 1. The van der Waals surface area contributed by atoms with Gasteiger partial charge in [-0.05, 0) is 43.2 Å². The number of nitrogens with zero attached hydrogens (tertiary/aromatic N) is 3. The highest BCUT2D eigenvalue weighted by Gasteiger charge is 2.19. The number of aryl methyl sites for hydroxylation is 1. The van der Waals surface area contributed by atoms with Gasteiger partial charge in [0, 0.05) is 23.6 Å². The fourth-order valence-corrected chi connectivity index (χ4v) is 3.86. The lowest BCUT2D eigenvalue weighted by atomic mass is 10.1. The van der Waals surface area contributed by atoms with E-state index >= 15 is 0 Å². The number of hydrogen-bond donors (Lipinski definition) is 1. The van der Waals surface area contributed by atoms with Crippen LogP contribution in [-0.4, -0.2) is 27.3 Å². The van der Waals surface area contributed by atoms with E-state index in [4.69, 9.17) is 27.9 Å². The quantitative estimate of drug-likeness (QED) is 0.618. The highest BCUT2D eigenvalue weighted by Crippen LogP contribution is 2.30. The number of aromatic nitrogens is 3. The summed E-state index contributed by atoms with van der Waals surface area (Å²) >= 11 is 12.0. The summed E-state index contributed by atoms with van der Waals surface area (Å²) in [5, 5.41) is 12.5. The lowest BCUT2D eigenvalue weighted by Crippen LogP contribution is -2.21. The zero-order chi connectivity index (χ0) is 20.2. The molecule has 6 nitrogen and oxygen atoms in total. The Labute approximate surface area is 178 Å². The Hall–Kier alpha value is -2.57. The zero-order valence-electron chi connectivity index (χ0n) is 15.7. The van der Waals surface area contributed by atoms with Crippen molar-refractivity contribution in [1.29, 1.82) is 0 Å². The van der Waals surface area contributed by atoms with Crippen LogP contribution >= 0.6 is 23.2 Å². The molecule has 1 aromatic heterocycles. The topological polar surface area (TPSA) is 69.0 Å². The van der Waals surface area contributed by atoms with Crippen LogP contribution in [-0.2, 0) is 17.8 Å². The van der Waals surface area contributed by atoms with Crippen LogP contribution in [0.5, 0.6) is 5.75 Å². The molecule has 1 aliphatic heterocycles. The number of carbonyl (C=O) groups excluding carboxylic acids is 1. The van der Waals surface area contributed by atoms with E-state index in [1.54, 1.807) is 18.2 Å². The van der Waals surface area contributed by atoms with E-state index in [1.807, 2.05) is 24.3 Å². The number of nitrogens with one attached hydrogen (secondary N) is 1. The molecular formula is C21H20Cl2N4O2.